The fraction of sp³-hybridized carbons (Fsp3) is 0.130. The quantitative estimate of drug-likeness (QED) is 0.467. The molecule has 0 amide bonds. The fourth-order valence-electron chi connectivity index (χ4n) is 3.04. The summed E-state index contributed by atoms with van der Waals surface area (Å²) in [6.45, 7) is 2.13. The third-order valence-corrected chi connectivity index (χ3v) is 4.49. The molecule has 0 saturated heterocycles. The fourth-order valence-corrected chi connectivity index (χ4v) is 3.04. The monoisotopic (exact) mass is 357 g/mol. The smallest absolute Gasteiger partial charge is 0.310 e. The predicted molar refractivity (Wildman–Crippen MR) is 104 cm³/mol. The average Bonchev–Trinajstić information content (AvgIpc) is 3.16. The number of ether oxygens (including phenoxy) is 1. The Kier molecular flexibility index (Phi) is 4.71. The second-order valence-corrected chi connectivity index (χ2v) is 6.52. The minimum Gasteiger partial charge on any atom is -0.459 e. The number of carbonyl (C=O) groups excluding carboxylic acids is 1. The highest BCUT2D eigenvalue weighted by Gasteiger charge is 2.11. The summed E-state index contributed by atoms with van der Waals surface area (Å²) in [5, 5.41) is 6.17. The summed E-state index contributed by atoms with van der Waals surface area (Å²) in [6.07, 6.45) is 0.226. The van der Waals surface area contributed by atoms with E-state index in [-0.39, 0.29) is 19.0 Å². The van der Waals surface area contributed by atoms with Crippen LogP contribution in [0.2, 0.25) is 0 Å². The molecule has 27 heavy (non-hydrogen) atoms. The summed E-state index contributed by atoms with van der Waals surface area (Å²) in [5.74, 6) is 0.376. The van der Waals surface area contributed by atoms with Crippen molar-refractivity contribution >= 4 is 16.7 Å². The zero-order valence-electron chi connectivity index (χ0n) is 15.0. The largest absolute Gasteiger partial charge is 0.459 e. The number of hydrogen-bond donors (Lipinski definition) is 0. The molecule has 4 rings (SSSR count). The van der Waals surface area contributed by atoms with Crippen molar-refractivity contribution < 1.29 is 14.1 Å². The summed E-state index contributed by atoms with van der Waals surface area (Å²) in [5.41, 5.74) is 3.68. The van der Waals surface area contributed by atoms with Crippen molar-refractivity contribution in [2.75, 3.05) is 0 Å². The van der Waals surface area contributed by atoms with E-state index in [1.807, 2.05) is 73.7 Å². The summed E-state index contributed by atoms with van der Waals surface area (Å²) in [4.78, 5) is 12.3. The van der Waals surface area contributed by atoms with E-state index < -0.39 is 0 Å². The average molecular weight is 357 g/mol. The van der Waals surface area contributed by atoms with Gasteiger partial charge in [-0.1, -0.05) is 77.5 Å². The number of carbonyl (C=O) groups is 1. The van der Waals surface area contributed by atoms with Gasteiger partial charge < -0.3 is 9.26 Å². The molecule has 0 fully saturated rings. The maximum atomic E-state index is 12.3. The first-order chi connectivity index (χ1) is 13.2. The number of rotatable bonds is 5. The highest BCUT2D eigenvalue weighted by atomic mass is 16.5. The Balaban J connectivity index is 1.40. The SMILES string of the molecule is Cc1ccc(-c2cc(COC(=O)Cc3cccc4ccccc34)no2)cc1. The summed E-state index contributed by atoms with van der Waals surface area (Å²) in [6, 6.07) is 23.7. The third kappa shape index (κ3) is 3.90. The second-order valence-electron chi connectivity index (χ2n) is 6.52. The van der Waals surface area contributed by atoms with Crippen LogP contribution in [0.4, 0.5) is 0 Å². The van der Waals surface area contributed by atoms with Crippen LogP contribution in [0.15, 0.2) is 77.3 Å². The number of benzene rings is 3. The second kappa shape index (κ2) is 7.46. The van der Waals surface area contributed by atoms with Crippen LogP contribution in [0.3, 0.4) is 0 Å². The van der Waals surface area contributed by atoms with Crippen LogP contribution in [0.5, 0.6) is 0 Å². The van der Waals surface area contributed by atoms with Crippen LogP contribution in [0.25, 0.3) is 22.1 Å². The Labute approximate surface area is 157 Å². The standard InChI is InChI=1S/C23H19NO3/c1-16-9-11-18(12-10-16)22-14-20(24-27-22)15-26-23(25)13-19-7-4-6-17-5-2-3-8-21(17)19/h2-12,14H,13,15H2,1H3. The van der Waals surface area contributed by atoms with Gasteiger partial charge in [0.1, 0.15) is 12.3 Å². The minimum absolute atomic E-state index is 0.0962. The van der Waals surface area contributed by atoms with Crippen LogP contribution < -0.4 is 0 Å². The van der Waals surface area contributed by atoms with E-state index in [0.29, 0.717) is 11.5 Å². The number of nitrogens with zero attached hydrogens (tertiary/aromatic N) is 1. The maximum Gasteiger partial charge on any atom is 0.310 e. The molecule has 1 aromatic heterocycles. The maximum absolute atomic E-state index is 12.3. The Morgan fingerprint density at radius 2 is 1.78 bits per heavy atom. The van der Waals surface area contributed by atoms with Gasteiger partial charge in [-0.05, 0) is 23.3 Å². The van der Waals surface area contributed by atoms with Crippen LogP contribution in [-0.4, -0.2) is 11.1 Å². The Morgan fingerprint density at radius 1 is 1.00 bits per heavy atom. The molecule has 3 aromatic carbocycles. The molecular formula is C23H19NO3. The molecule has 0 unspecified atom stereocenters. The van der Waals surface area contributed by atoms with Gasteiger partial charge in [0.05, 0.1) is 6.42 Å². The lowest BCUT2D eigenvalue weighted by molar-refractivity contribution is -0.144. The van der Waals surface area contributed by atoms with E-state index in [9.17, 15) is 4.79 Å². The Bertz CT molecular complexity index is 1070. The number of aromatic nitrogens is 1. The van der Waals surface area contributed by atoms with E-state index in [0.717, 1.165) is 21.9 Å². The van der Waals surface area contributed by atoms with E-state index >= 15 is 0 Å². The van der Waals surface area contributed by atoms with Crippen molar-refractivity contribution in [3.05, 3.63) is 89.6 Å². The van der Waals surface area contributed by atoms with E-state index in [1.54, 1.807) is 6.07 Å². The van der Waals surface area contributed by atoms with E-state index in [2.05, 4.69) is 5.16 Å². The highest BCUT2D eigenvalue weighted by molar-refractivity contribution is 5.88. The first-order valence-electron chi connectivity index (χ1n) is 8.84. The Hall–Kier alpha value is -3.40. The van der Waals surface area contributed by atoms with Crippen LogP contribution in [-0.2, 0) is 22.6 Å². The normalized spacial score (nSPS) is 10.9. The van der Waals surface area contributed by atoms with Crippen molar-refractivity contribution in [1.29, 1.82) is 0 Å². The molecule has 4 heteroatoms. The van der Waals surface area contributed by atoms with Crippen molar-refractivity contribution in [2.45, 2.75) is 20.0 Å². The molecule has 0 aliphatic heterocycles. The molecular weight excluding hydrogens is 338 g/mol. The molecule has 4 aromatic rings. The lowest BCUT2D eigenvalue weighted by atomic mass is 10.0. The number of aryl methyl sites for hydroxylation is 1. The molecule has 0 saturated carbocycles. The van der Waals surface area contributed by atoms with Gasteiger partial charge in [-0.25, -0.2) is 0 Å². The van der Waals surface area contributed by atoms with Crippen LogP contribution >= 0.6 is 0 Å². The van der Waals surface area contributed by atoms with Gasteiger partial charge in [-0.2, -0.15) is 0 Å². The number of hydrogen-bond acceptors (Lipinski definition) is 4. The van der Waals surface area contributed by atoms with Crippen LogP contribution in [0.1, 0.15) is 16.8 Å². The summed E-state index contributed by atoms with van der Waals surface area (Å²) < 4.78 is 10.7. The lowest BCUT2D eigenvalue weighted by Gasteiger charge is -2.06. The molecule has 4 nitrogen and oxygen atoms in total. The van der Waals surface area contributed by atoms with Crippen molar-refractivity contribution in [2.24, 2.45) is 0 Å². The van der Waals surface area contributed by atoms with Gasteiger partial charge >= 0.3 is 5.97 Å². The lowest BCUT2D eigenvalue weighted by Crippen LogP contribution is -2.08. The van der Waals surface area contributed by atoms with Gasteiger partial charge in [0.15, 0.2) is 5.76 Å². The van der Waals surface area contributed by atoms with Crippen molar-refractivity contribution in [1.82, 2.24) is 5.16 Å². The molecule has 0 bridgehead atoms. The zero-order valence-corrected chi connectivity index (χ0v) is 15.0. The van der Waals surface area contributed by atoms with Gasteiger partial charge in [0, 0.05) is 11.6 Å². The molecule has 1 heterocycles. The van der Waals surface area contributed by atoms with E-state index in [1.165, 1.54) is 5.56 Å². The third-order valence-electron chi connectivity index (χ3n) is 4.49. The first-order valence-corrected chi connectivity index (χ1v) is 8.84. The Morgan fingerprint density at radius 3 is 2.63 bits per heavy atom. The van der Waals surface area contributed by atoms with Gasteiger partial charge in [-0.3, -0.25) is 4.79 Å². The van der Waals surface area contributed by atoms with Gasteiger partial charge in [-0.15, -0.1) is 0 Å². The van der Waals surface area contributed by atoms with E-state index in [4.69, 9.17) is 9.26 Å². The molecule has 0 atom stereocenters. The molecule has 0 aliphatic carbocycles. The minimum atomic E-state index is -0.286. The molecule has 0 N–H and O–H groups in total. The van der Waals surface area contributed by atoms with Crippen LogP contribution in [0, 0.1) is 6.92 Å². The number of esters is 1. The molecule has 0 spiro atoms. The molecule has 0 aliphatic rings. The summed E-state index contributed by atoms with van der Waals surface area (Å²) in [7, 11) is 0. The zero-order chi connectivity index (χ0) is 18.6. The van der Waals surface area contributed by atoms with Gasteiger partial charge in [0.2, 0.25) is 0 Å². The summed E-state index contributed by atoms with van der Waals surface area (Å²) >= 11 is 0. The molecule has 134 valence electrons. The van der Waals surface area contributed by atoms with Gasteiger partial charge in [0.25, 0.3) is 0 Å². The first kappa shape index (κ1) is 17.0. The topological polar surface area (TPSA) is 52.3 Å². The number of fused-ring (bicyclic) bond motifs is 1. The predicted octanol–water partition coefficient (Wildman–Crippen LogP) is 5.09. The molecule has 0 radical (unpaired) electrons. The van der Waals surface area contributed by atoms with Crippen molar-refractivity contribution in [3.8, 4) is 11.3 Å². The highest BCUT2D eigenvalue weighted by Crippen LogP contribution is 2.22. The van der Waals surface area contributed by atoms with Crippen molar-refractivity contribution in [3.63, 3.8) is 0 Å².